The Morgan fingerprint density at radius 3 is 2.72 bits per heavy atom. The summed E-state index contributed by atoms with van der Waals surface area (Å²) in [5.41, 5.74) is 0. The molecule has 2 atom stereocenters. The van der Waals surface area contributed by atoms with Crippen LogP contribution in [0.2, 0.25) is 0 Å². The molecule has 1 aliphatic heterocycles. The summed E-state index contributed by atoms with van der Waals surface area (Å²) >= 11 is 0. The molecule has 138 valence electrons. The maximum Gasteiger partial charge on any atom is 0.238 e. The van der Waals surface area contributed by atoms with E-state index in [4.69, 9.17) is 4.74 Å². The number of pyridine rings is 1. The minimum absolute atomic E-state index is 0.154. The van der Waals surface area contributed by atoms with Crippen LogP contribution in [-0.4, -0.2) is 54.6 Å². The van der Waals surface area contributed by atoms with Crippen molar-refractivity contribution in [1.82, 2.24) is 14.6 Å². The molecule has 1 saturated carbocycles. The van der Waals surface area contributed by atoms with Crippen molar-refractivity contribution in [3.05, 3.63) is 24.5 Å². The third kappa shape index (κ3) is 4.70. The number of sulfonamides is 1. The molecule has 2 heterocycles. The second-order valence-corrected chi connectivity index (χ2v) is 8.79. The molecule has 1 aromatic heterocycles. The predicted molar refractivity (Wildman–Crippen MR) is 93.6 cm³/mol. The summed E-state index contributed by atoms with van der Waals surface area (Å²) in [6, 6.07) is 2.97. The number of rotatable bonds is 5. The summed E-state index contributed by atoms with van der Waals surface area (Å²) in [4.78, 5) is 16.7. The van der Waals surface area contributed by atoms with Crippen molar-refractivity contribution in [1.29, 1.82) is 0 Å². The smallest absolute Gasteiger partial charge is 0.238 e. The Labute approximate surface area is 148 Å². The van der Waals surface area contributed by atoms with Gasteiger partial charge in [0.1, 0.15) is 17.9 Å². The fourth-order valence-electron chi connectivity index (χ4n) is 3.61. The van der Waals surface area contributed by atoms with Crippen molar-refractivity contribution >= 4 is 15.9 Å². The van der Waals surface area contributed by atoms with Crippen LogP contribution in [0.5, 0.6) is 5.75 Å². The van der Waals surface area contributed by atoms with E-state index in [1.54, 1.807) is 24.5 Å². The Balaban J connectivity index is 1.68. The van der Waals surface area contributed by atoms with Gasteiger partial charge >= 0.3 is 0 Å². The fourth-order valence-corrected chi connectivity index (χ4v) is 4.69. The van der Waals surface area contributed by atoms with Crippen LogP contribution in [0, 0.1) is 0 Å². The normalized spacial score (nSPS) is 25.6. The first-order chi connectivity index (χ1) is 11.9. The molecule has 0 radical (unpaired) electrons. The van der Waals surface area contributed by atoms with Gasteiger partial charge in [0.25, 0.3) is 0 Å². The zero-order valence-corrected chi connectivity index (χ0v) is 15.2. The summed E-state index contributed by atoms with van der Waals surface area (Å²) in [6.07, 6.45) is 9.70. The van der Waals surface area contributed by atoms with Crippen LogP contribution in [0.15, 0.2) is 24.5 Å². The zero-order valence-electron chi connectivity index (χ0n) is 14.4. The summed E-state index contributed by atoms with van der Waals surface area (Å²) < 4.78 is 31.3. The zero-order chi connectivity index (χ0) is 17.9. The summed E-state index contributed by atoms with van der Waals surface area (Å²) in [6.45, 7) is 0.177. The lowest BCUT2D eigenvalue weighted by atomic mass is 9.95. The maximum atomic E-state index is 12.7. The molecule has 0 unspecified atom stereocenters. The number of ether oxygens (including phenoxy) is 1. The molecule has 0 spiro atoms. The second kappa shape index (κ2) is 7.70. The van der Waals surface area contributed by atoms with Gasteiger partial charge in [-0.3, -0.25) is 9.78 Å². The summed E-state index contributed by atoms with van der Waals surface area (Å²) in [7, 11) is -3.49. The van der Waals surface area contributed by atoms with Crippen LogP contribution in [-0.2, 0) is 14.8 Å². The number of carbonyl (C=O) groups is 1. The summed E-state index contributed by atoms with van der Waals surface area (Å²) in [5, 5.41) is 3.03. The van der Waals surface area contributed by atoms with Gasteiger partial charge < -0.3 is 10.1 Å². The van der Waals surface area contributed by atoms with E-state index in [0.717, 1.165) is 31.9 Å². The van der Waals surface area contributed by atoms with Gasteiger partial charge in [-0.1, -0.05) is 19.3 Å². The van der Waals surface area contributed by atoms with Gasteiger partial charge in [0.05, 0.1) is 19.0 Å². The molecule has 3 rings (SSSR count). The van der Waals surface area contributed by atoms with Crippen LogP contribution in [0.3, 0.4) is 0 Å². The minimum atomic E-state index is -3.49. The highest BCUT2D eigenvalue weighted by Gasteiger charge is 2.43. The lowest BCUT2D eigenvalue weighted by Crippen LogP contribution is -2.48. The molecule has 2 fully saturated rings. The molecule has 7 nitrogen and oxygen atoms in total. The van der Waals surface area contributed by atoms with Gasteiger partial charge in [-0.15, -0.1) is 0 Å². The molecule has 0 aromatic carbocycles. The summed E-state index contributed by atoms with van der Waals surface area (Å²) in [5.74, 6) is 0.365. The fraction of sp³-hybridized carbons (Fsp3) is 0.647. The number of hydrogen-bond acceptors (Lipinski definition) is 5. The van der Waals surface area contributed by atoms with Gasteiger partial charge in [0.2, 0.25) is 15.9 Å². The topological polar surface area (TPSA) is 88.6 Å². The average Bonchev–Trinajstić information content (AvgIpc) is 3.01. The standard InChI is InChI=1S/C17H25N3O4S/c1-25(22,23)20-12-15(24-14-8-5-9-18-11-14)10-16(20)17(21)19-13-6-3-2-4-7-13/h5,8-9,11,13,15-16H,2-4,6-7,10,12H2,1H3,(H,19,21)/t15-,16-/m0/s1. The van der Waals surface area contributed by atoms with Crippen LogP contribution < -0.4 is 10.1 Å². The lowest BCUT2D eigenvalue weighted by Gasteiger charge is -2.26. The molecule has 2 aliphatic rings. The minimum Gasteiger partial charge on any atom is -0.487 e. The molecule has 8 heteroatoms. The Morgan fingerprint density at radius 1 is 1.32 bits per heavy atom. The molecule has 1 amide bonds. The largest absolute Gasteiger partial charge is 0.487 e. The lowest BCUT2D eigenvalue weighted by molar-refractivity contribution is -0.125. The Bertz CT molecular complexity index is 689. The Kier molecular flexibility index (Phi) is 5.58. The van der Waals surface area contributed by atoms with Crippen molar-refractivity contribution in [2.45, 2.75) is 56.7 Å². The highest BCUT2D eigenvalue weighted by molar-refractivity contribution is 7.88. The highest BCUT2D eigenvalue weighted by Crippen LogP contribution is 2.26. The molecule has 1 N–H and O–H groups in total. The third-order valence-electron chi connectivity index (χ3n) is 4.83. The van der Waals surface area contributed by atoms with Crippen LogP contribution >= 0.6 is 0 Å². The van der Waals surface area contributed by atoms with E-state index >= 15 is 0 Å². The van der Waals surface area contributed by atoms with E-state index < -0.39 is 16.1 Å². The van der Waals surface area contributed by atoms with Crippen LogP contribution in [0.4, 0.5) is 0 Å². The number of carbonyl (C=O) groups excluding carboxylic acids is 1. The number of aromatic nitrogens is 1. The van der Waals surface area contributed by atoms with Crippen LogP contribution in [0.25, 0.3) is 0 Å². The number of hydrogen-bond donors (Lipinski definition) is 1. The molecular formula is C17H25N3O4S. The van der Waals surface area contributed by atoms with Crippen molar-refractivity contribution in [2.24, 2.45) is 0 Å². The van der Waals surface area contributed by atoms with E-state index in [-0.39, 0.29) is 24.6 Å². The van der Waals surface area contributed by atoms with Crippen molar-refractivity contribution in [3.8, 4) is 5.75 Å². The van der Waals surface area contributed by atoms with Crippen molar-refractivity contribution < 1.29 is 17.9 Å². The number of nitrogens with one attached hydrogen (secondary N) is 1. The van der Waals surface area contributed by atoms with Gasteiger partial charge in [-0.25, -0.2) is 8.42 Å². The van der Waals surface area contributed by atoms with E-state index in [1.165, 1.54) is 10.7 Å². The molecule has 0 bridgehead atoms. The van der Waals surface area contributed by atoms with E-state index in [2.05, 4.69) is 10.3 Å². The maximum absolute atomic E-state index is 12.7. The predicted octanol–water partition coefficient (Wildman–Crippen LogP) is 1.31. The van der Waals surface area contributed by atoms with Gasteiger partial charge in [0, 0.05) is 18.7 Å². The average molecular weight is 367 g/mol. The first-order valence-corrected chi connectivity index (χ1v) is 10.6. The Hall–Kier alpha value is -1.67. The van der Waals surface area contributed by atoms with Crippen molar-refractivity contribution in [2.75, 3.05) is 12.8 Å². The van der Waals surface area contributed by atoms with Gasteiger partial charge in [-0.2, -0.15) is 4.31 Å². The van der Waals surface area contributed by atoms with E-state index in [9.17, 15) is 13.2 Å². The number of amides is 1. The molecule has 1 aliphatic carbocycles. The number of nitrogens with zero attached hydrogens (tertiary/aromatic N) is 2. The quantitative estimate of drug-likeness (QED) is 0.848. The van der Waals surface area contributed by atoms with Crippen LogP contribution in [0.1, 0.15) is 38.5 Å². The van der Waals surface area contributed by atoms with E-state index in [0.29, 0.717) is 12.2 Å². The van der Waals surface area contributed by atoms with Gasteiger partial charge in [0.15, 0.2) is 0 Å². The van der Waals surface area contributed by atoms with Gasteiger partial charge in [-0.05, 0) is 25.0 Å². The SMILES string of the molecule is CS(=O)(=O)N1C[C@@H](Oc2cccnc2)C[C@H]1C(=O)NC1CCCCC1. The second-order valence-electron chi connectivity index (χ2n) is 6.86. The molecular weight excluding hydrogens is 342 g/mol. The third-order valence-corrected chi connectivity index (χ3v) is 6.09. The molecule has 1 saturated heterocycles. The van der Waals surface area contributed by atoms with E-state index in [1.807, 2.05) is 0 Å². The van der Waals surface area contributed by atoms with Crippen molar-refractivity contribution in [3.63, 3.8) is 0 Å². The Morgan fingerprint density at radius 2 is 2.08 bits per heavy atom. The highest BCUT2D eigenvalue weighted by atomic mass is 32.2. The first-order valence-electron chi connectivity index (χ1n) is 8.77. The monoisotopic (exact) mass is 367 g/mol. The molecule has 1 aromatic rings. The first kappa shape index (κ1) is 18.1. The molecule has 25 heavy (non-hydrogen) atoms.